The fraction of sp³-hybridized carbons (Fsp3) is 0.583. The Morgan fingerprint density at radius 2 is 2.19 bits per heavy atom. The molecule has 1 aromatic rings. The predicted molar refractivity (Wildman–Crippen MR) is 67.6 cm³/mol. The van der Waals surface area contributed by atoms with E-state index in [1.807, 2.05) is 13.0 Å². The molecule has 0 bridgehead atoms. The van der Waals surface area contributed by atoms with E-state index in [4.69, 9.17) is 10.8 Å². The van der Waals surface area contributed by atoms with Crippen LogP contribution >= 0.6 is 0 Å². The van der Waals surface area contributed by atoms with Crippen molar-refractivity contribution in [1.29, 1.82) is 0 Å². The van der Waals surface area contributed by atoms with Crippen LogP contribution in [0.15, 0.2) is 12.3 Å². The second kappa shape index (κ2) is 5.70. The summed E-state index contributed by atoms with van der Waals surface area (Å²) in [6.45, 7) is 7.22. The summed E-state index contributed by atoms with van der Waals surface area (Å²) in [7, 11) is 0. The SMILES string of the molecule is Cc1cc(N(CCCO)C(C)C)ncc1N. The number of nitrogens with two attached hydrogens (primary N) is 1. The Hall–Kier alpha value is -1.29. The van der Waals surface area contributed by atoms with Crippen LogP contribution in [-0.4, -0.2) is 29.3 Å². The van der Waals surface area contributed by atoms with E-state index < -0.39 is 0 Å². The lowest BCUT2D eigenvalue weighted by Gasteiger charge is -2.28. The Labute approximate surface area is 97.1 Å². The van der Waals surface area contributed by atoms with E-state index in [-0.39, 0.29) is 6.61 Å². The average molecular weight is 223 g/mol. The number of aryl methyl sites for hydroxylation is 1. The van der Waals surface area contributed by atoms with Crippen LogP contribution in [0, 0.1) is 6.92 Å². The molecule has 0 radical (unpaired) electrons. The minimum Gasteiger partial charge on any atom is -0.397 e. The zero-order valence-electron chi connectivity index (χ0n) is 10.3. The molecule has 4 nitrogen and oxygen atoms in total. The maximum absolute atomic E-state index is 8.88. The number of nitrogen functional groups attached to an aromatic ring is 1. The van der Waals surface area contributed by atoms with Gasteiger partial charge < -0.3 is 15.7 Å². The number of pyridine rings is 1. The molecule has 0 aromatic carbocycles. The molecular formula is C12H21N3O. The maximum Gasteiger partial charge on any atom is 0.129 e. The van der Waals surface area contributed by atoms with E-state index in [0.29, 0.717) is 6.04 Å². The largest absolute Gasteiger partial charge is 0.397 e. The molecule has 0 aliphatic rings. The lowest BCUT2D eigenvalue weighted by molar-refractivity contribution is 0.288. The summed E-state index contributed by atoms with van der Waals surface area (Å²) in [5, 5.41) is 8.88. The van der Waals surface area contributed by atoms with E-state index in [2.05, 4.69) is 23.7 Å². The molecule has 1 rings (SSSR count). The highest BCUT2D eigenvalue weighted by atomic mass is 16.3. The fourth-order valence-electron chi connectivity index (χ4n) is 1.59. The number of aromatic nitrogens is 1. The highest BCUT2D eigenvalue weighted by molar-refractivity contribution is 5.52. The third-order valence-corrected chi connectivity index (χ3v) is 2.61. The number of anilines is 2. The first-order chi connectivity index (χ1) is 7.56. The summed E-state index contributed by atoms with van der Waals surface area (Å²) >= 11 is 0. The standard InChI is InChI=1S/C12H21N3O/c1-9(2)15(5-4-6-16)12-7-10(3)11(13)8-14-12/h7-9,16H,4-6,13H2,1-3H3. The van der Waals surface area contributed by atoms with Gasteiger partial charge in [0, 0.05) is 19.2 Å². The Bertz CT molecular complexity index is 339. The van der Waals surface area contributed by atoms with Crippen LogP contribution in [0.1, 0.15) is 25.8 Å². The van der Waals surface area contributed by atoms with Gasteiger partial charge in [0.15, 0.2) is 0 Å². The predicted octanol–water partition coefficient (Wildman–Crippen LogP) is 1.57. The number of nitrogens with zero attached hydrogens (tertiary/aromatic N) is 2. The summed E-state index contributed by atoms with van der Waals surface area (Å²) in [5.74, 6) is 0.926. The molecule has 0 fully saturated rings. The summed E-state index contributed by atoms with van der Waals surface area (Å²) in [6.07, 6.45) is 2.45. The minimum absolute atomic E-state index is 0.206. The van der Waals surface area contributed by atoms with Crippen molar-refractivity contribution >= 4 is 11.5 Å². The van der Waals surface area contributed by atoms with Gasteiger partial charge in [0.1, 0.15) is 5.82 Å². The van der Waals surface area contributed by atoms with Gasteiger partial charge in [-0.15, -0.1) is 0 Å². The lowest BCUT2D eigenvalue weighted by atomic mass is 10.2. The molecule has 0 aliphatic heterocycles. The molecule has 0 aliphatic carbocycles. The second-order valence-electron chi connectivity index (χ2n) is 4.26. The van der Waals surface area contributed by atoms with Crippen molar-refractivity contribution in [2.45, 2.75) is 33.2 Å². The van der Waals surface area contributed by atoms with Gasteiger partial charge in [-0.25, -0.2) is 4.98 Å². The summed E-state index contributed by atoms with van der Waals surface area (Å²) in [6, 6.07) is 2.36. The number of hydrogen-bond acceptors (Lipinski definition) is 4. The highest BCUT2D eigenvalue weighted by Crippen LogP contribution is 2.19. The van der Waals surface area contributed by atoms with Crippen molar-refractivity contribution in [2.24, 2.45) is 0 Å². The van der Waals surface area contributed by atoms with Crippen molar-refractivity contribution in [3.63, 3.8) is 0 Å². The first-order valence-corrected chi connectivity index (χ1v) is 5.66. The molecule has 4 heteroatoms. The summed E-state index contributed by atoms with van der Waals surface area (Å²) < 4.78 is 0. The molecule has 0 unspecified atom stereocenters. The van der Waals surface area contributed by atoms with Crippen LogP contribution in [0.5, 0.6) is 0 Å². The molecule has 0 saturated heterocycles. The molecule has 0 atom stereocenters. The first kappa shape index (κ1) is 12.8. The number of hydrogen-bond donors (Lipinski definition) is 2. The first-order valence-electron chi connectivity index (χ1n) is 5.66. The summed E-state index contributed by atoms with van der Waals surface area (Å²) in [5.41, 5.74) is 7.50. The number of rotatable bonds is 5. The molecule has 0 saturated carbocycles. The molecule has 0 spiro atoms. The van der Waals surface area contributed by atoms with Crippen molar-refractivity contribution in [3.05, 3.63) is 17.8 Å². The van der Waals surface area contributed by atoms with E-state index in [1.54, 1.807) is 6.20 Å². The lowest BCUT2D eigenvalue weighted by Crippen LogP contribution is -2.33. The minimum atomic E-state index is 0.206. The molecule has 3 N–H and O–H groups in total. The Balaban J connectivity index is 2.88. The van der Waals surface area contributed by atoms with Crippen molar-refractivity contribution in [2.75, 3.05) is 23.8 Å². The van der Waals surface area contributed by atoms with E-state index in [1.165, 1.54) is 0 Å². The van der Waals surface area contributed by atoms with Gasteiger partial charge in [-0.1, -0.05) is 0 Å². The van der Waals surface area contributed by atoms with Gasteiger partial charge in [0.25, 0.3) is 0 Å². The third kappa shape index (κ3) is 3.10. The molecule has 16 heavy (non-hydrogen) atoms. The Kier molecular flexibility index (Phi) is 4.55. The normalized spacial score (nSPS) is 10.8. The van der Waals surface area contributed by atoms with Gasteiger partial charge in [-0.3, -0.25) is 0 Å². The summed E-state index contributed by atoms with van der Waals surface area (Å²) in [4.78, 5) is 6.50. The number of aliphatic hydroxyl groups is 1. The zero-order chi connectivity index (χ0) is 12.1. The average Bonchev–Trinajstić information content (AvgIpc) is 2.23. The fourth-order valence-corrected chi connectivity index (χ4v) is 1.59. The van der Waals surface area contributed by atoms with Gasteiger partial charge >= 0.3 is 0 Å². The van der Waals surface area contributed by atoms with E-state index >= 15 is 0 Å². The topological polar surface area (TPSA) is 62.4 Å². The van der Waals surface area contributed by atoms with Crippen LogP contribution in [0.3, 0.4) is 0 Å². The zero-order valence-corrected chi connectivity index (χ0v) is 10.3. The van der Waals surface area contributed by atoms with Gasteiger partial charge in [0.2, 0.25) is 0 Å². The maximum atomic E-state index is 8.88. The van der Waals surface area contributed by atoms with Crippen LogP contribution < -0.4 is 10.6 Å². The monoisotopic (exact) mass is 223 g/mol. The second-order valence-corrected chi connectivity index (χ2v) is 4.26. The van der Waals surface area contributed by atoms with Crippen LogP contribution in [-0.2, 0) is 0 Å². The molecule has 1 heterocycles. The molecule has 1 aromatic heterocycles. The highest BCUT2D eigenvalue weighted by Gasteiger charge is 2.11. The quantitative estimate of drug-likeness (QED) is 0.795. The van der Waals surface area contributed by atoms with E-state index in [9.17, 15) is 0 Å². The van der Waals surface area contributed by atoms with Crippen molar-refractivity contribution in [1.82, 2.24) is 4.98 Å². The van der Waals surface area contributed by atoms with Crippen LogP contribution in [0.2, 0.25) is 0 Å². The molecular weight excluding hydrogens is 202 g/mol. The van der Waals surface area contributed by atoms with Gasteiger partial charge in [-0.2, -0.15) is 0 Å². The smallest absolute Gasteiger partial charge is 0.129 e. The Morgan fingerprint density at radius 1 is 1.50 bits per heavy atom. The van der Waals surface area contributed by atoms with Gasteiger partial charge in [-0.05, 0) is 38.8 Å². The third-order valence-electron chi connectivity index (χ3n) is 2.61. The van der Waals surface area contributed by atoms with E-state index in [0.717, 1.165) is 30.0 Å². The molecule has 90 valence electrons. The molecule has 0 amide bonds. The van der Waals surface area contributed by atoms with Crippen molar-refractivity contribution in [3.8, 4) is 0 Å². The Morgan fingerprint density at radius 3 is 2.69 bits per heavy atom. The number of aliphatic hydroxyl groups excluding tert-OH is 1. The van der Waals surface area contributed by atoms with Crippen LogP contribution in [0.25, 0.3) is 0 Å². The van der Waals surface area contributed by atoms with Gasteiger partial charge in [0.05, 0.1) is 11.9 Å². The van der Waals surface area contributed by atoms with Crippen molar-refractivity contribution < 1.29 is 5.11 Å². The van der Waals surface area contributed by atoms with Crippen LogP contribution in [0.4, 0.5) is 11.5 Å².